The number of rotatable bonds is 2. The lowest BCUT2D eigenvalue weighted by Gasteiger charge is -2.00. The third-order valence-electron chi connectivity index (χ3n) is 1.76. The molecular weight excluding hydrogens is 214 g/mol. The largest absolute Gasteiger partial charge is 0.326 e. The molecule has 2 aromatic rings. The molecule has 8 nitrogen and oxygen atoms in total. The Morgan fingerprint density at radius 3 is 2.75 bits per heavy atom. The van der Waals surface area contributed by atoms with E-state index in [9.17, 15) is 14.4 Å². The molecule has 0 saturated heterocycles. The molecule has 16 heavy (non-hydrogen) atoms. The molecule has 0 aliphatic rings. The van der Waals surface area contributed by atoms with Gasteiger partial charge in [0.15, 0.2) is 0 Å². The van der Waals surface area contributed by atoms with Crippen LogP contribution in [0.5, 0.6) is 0 Å². The molecule has 0 radical (unpaired) electrons. The molecule has 0 aliphatic carbocycles. The third kappa shape index (κ3) is 2.05. The van der Waals surface area contributed by atoms with E-state index >= 15 is 0 Å². The van der Waals surface area contributed by atoms with Crippen LogP contribution in [-0.2, 0) is 0 Å². The van der Waals surface area contributed by atoms with Gasteiger partial charge in [-0.2, -0.15) is 5.10 Å². The van der Waals surface area contributed by atoms with Crippen LogP contribution in [0.4, 0.5) is 5.69 Å². The Balaban J connectivity index is 2.28. The van der Waals surface area contributed by atoms with Gasteiger partial charge in [0, 0.05) is 12.3 Å². The number of aromatic nitrogens is 4. The van der Waals surface area contributed by atoms with Gasteiger partial charge in [-0.1, -0.05) is 0 Å². The highest BCUT2D eigenvalue weighted by molar-refractivity contribution is 6.02. The van der Waals surface area contributed by atoms with Crippen molar-refractivity contribution in [1.29, 1.82) is 0 Å². The average Bonchev–Trinajstić information content (AvgIpc) is 2.68. The van der Waals surface area contributed by atoms with Crippen LogP contribution in [0.25, 0.3) is 0 Å². The summed E-state index contributed by atoms with van der Waals surface area (Å²) in [6, 6.07) is 0.997. The Bertz CT molecular complexity index is 581. The fourth-order valence-corrected chi connectivity index (χ4v) is 1.11. The number of anilines is 1. The minimum Gasteiger partial charge on any atom is -0.318 e. The summed E-state index contributed by atoms with van der Waals surface area (Å²) in [4.78, 5) is 37.6. The molecule has 0 aliphatic heterocycles. The van der Waals surface area contributed by atoms with E-state index in [1.54, 1.807) is 0 Å². The lowest BCUT2D eigenvalue weighted by atomic mass is 10.3. The summed E-state index contributed by atoms with van der Waals surface area (Å²) in [5.41, 5.74) is -1.05. The van der Waals surface area contributed by atoms with Gasteiger partial charge in [0.05, 0.1) is 11.9 Å². The predicted octanol–water partition coefficient (Wildman–Crippen LogP) is -0.961. The van der Waals surface area contributed by atoms with E-state index in [1.165, 1.54) is 12.4 Å². The second-order valence-corrected chi connectivity index (χ2v) is 2.94. The van der Waals surface area contributed by atoms with Crippen molar-refractivity contribution in [1.82, 2.24) is 20.2 Å². The topological polar surface area (TPSA) is 123 Å². The van der Waals surface area contributed by atoms with Gasteiger partial charge >= 0.3 is 5.69 Å². The second-order valence-electron chi connectivity index (χ2n) is 2.94. The van der Waals surface area contributed by atoms with Crippen LogP contribution in [0.15, 0.2) is 28.0 Å². The van der Waals surface area contributed by atoms with Crippen molar-refractivity contribution in [3.8, 4) is 0 Å². The Morgan fingerprint density at radius 1 is 1.31 bits per heavy atom. The number of nitrogens with zero attached hydrogens (tertiary/aromatic N) is 1. The van der Waals surface area contributed by atoms with E-state index in [0.717, 1.165) is 6.07 Å². The van der Waals surface area contributed by atoms with Gasteiger partial charge in [0.25, 0.3) is 11.5 Å². The van der Waals surface area contributed by atoms with Gasteiger partial charge in [0.1, 0.15) is 5.69 Å². The van der Waals surface area contributed by atoms with Gasteiger partial charge in [-0.15, -0.1) is 0 Å². The van der Waals surface area contributed by atoms with E-state index < -0.39 is 17.2 Å². The van der Waals surface area contributed by atoms with Crippen LogP contribution in [0.3, 0.4) is 0 Å². The number of carbonyl (C=O) groups excluding carboxylic acids is 1. The van der Waals surface area contributed by atoms with Crippen LogP contribution in [0.1, 0.15) is 10.5 Å². The van der Waals surface area contributed by atoms with E-state index in [1.807, 2.05) is 4.98 Å². The van der Waals surface area contributed by atoms with E-state index in [0.29, 0.717) is 5.69 Å². The minimum atomic E-state index is -0.732. The molecule has 0 atom stereocenters. The smallest absolute Gasteiger partial charge is 0.318 e. The van der Waals surface area contributed by atoms with Gasteiger partial charge in [-0.05, 0) is 0 Å². The second kappa shape index (κ2) is 3.85. The molecule has 0 aromatic carbocycles. The molecule has 2 aromatic heterocycles. The van der Waals surface area contributed by atoms with Crippen LogP contribution < -0.4 is 16.6 Å². The summed E-state index contributed by atoms with van der Waals surface area (Å²) in [6.45, 7) is 0. The van der Waals surface area contributed by atoms with E-state index in [2.05, 4.69) is 20.5 Å². The predicted molar refractivity (Wildman–Crippen MR) is 54.2 cm³/mol. The number of nitrogens with one attached hydrogen (secondary N) is 4. The molecule has 0 spiro atoms. The van der Waals surface area contributed by atoms with E-state index in [4.69, 9.17) is 0 Å². The molecule has 1 amide bonds. The highest BCUT2D eigenvalue weighted by atomic mass is 16.2. The maximum Gasteiger partial charge on any atom is 0.326 e. The van der Waals surface area contributed by atoms with Crippen molar-refractivity contribution in [2.75, 3.05) is 5.32 Å². The zero-order chi connectivity index (χ0) is 11.5. The van der Waals surface area contributed by atoms with Crippen LogP contribution >= 0.6 is 0 Å². The molecular formula is C8H7N5O3. The highest BCUT2D eigenvalue weighted by Gasteiger charge is 2.08. The average molecular weight is 221 g/mol. The standard InChI is InChI=1S/C8H7N5O3/c14-6-1-5(12-8(16)13-6)7(15)11-4-2-9-10-3-4/h1-3H,(H,9,10)(H,11,15)(H2,12,13,14,16). The van der Waals surface area contributed by atoms with Crippen LogP contribution in [-0.4, -0.2) is 26.1 Å². The lowest BCUT2D eigenvalue weighted by Crippen LogP contribution is -2.27. The molecule has 0 saturated carbocycles. The number of H-pyrrole nitrogens is 3. The highest BCUT2D eigenvalue weighted by Crippen LogP contribution is 2.02. The van der Waals surface area contributed by atoms with Crippen molar-refractivity contribution in [3.63, 3.8) is 0 Å². The first-order valence-corrected chi connectivity index (χ1v) is 4.29. The first-order chi connectivity index (χ1) is 7.65. The van der Waals surface area contributed by atoms with Crippen molar-refractivity contribution < 1.29 is 4.79 Å². The number of carbonyl (C=O) groups is 1. The van der Waals surface area contributed by atoms with Crippen molar-refractivity contribution in [2.45, 2.75) is 0 Å². The van der Waals surface area contributed by atoms with Gasteiger partial charge in [0.2, 0.25) is 0 Å². The molecule has 4 N–H and O–H groups in total. The Labute approximate surface area is 87.7 Å². The van der Waals surface area contributed by atoms with Crippen molar-refractivity contribution in [2.24, 2.45) is 0 Å². The summed E-state index contributed by atoms with van der Waals surface area (Å²) in [5.74, 6) is -0.593. The SMILES string of the molecule is O=C(Nc1cn[nH]c1)c1cc(=O)[nH]c(=O)[nH]1. The maximum atomic E-state index is 11.5. The molecule has 2 rings (SSSR count). The zero-order valence-corrected chi connectivity index (χ0v) is 7.90. The fourth-order valence-electron chi connectivity index (χ4n) is 1.11. The van der Waals surface area contributed by atoms with Crippen LogP contribution in [0, 0.1) is 0 Å². The fraction of sp³-hybridized carbons (Fsp3) is 0. The monoisotopic (exact) mass is 221 g/mol. The Kier molecular flexibility index (Phi) is 2.38. The molecule has 8 heteroatoms. The quantitative estimate of drug-likeness (QED) is 0.521. The molecule has 82 valence electrons. The van der Waals surface area contributed by atoms with Gasteiger partial charge in [-0.3, -0.25) is 19.7 Å². The third-order valence-corrected chi connectivity index (χ3v) is 1.76. The summed E-state index contributed by atoms with van der Waals surface area (Å²) in [7, 11) is 0. The number of hydrogen-bond donors (Lipinski definition) is 4. The summed E-state index contributed by atoms with van der Waals surface area (Å²) in [5, 5.41) is 8.57. The van der Waals surface area contributed by atoms with Gasteiger partial charge in [-0.25, -0.2) is 4.79 Å². The lowest BCUT2D eigenvalue weighted by molar-refractivity contribution is 0.102. The number of aromatic amines is 3. The number of hydrogen-bond acceptors (Lipinski definition) is 4. The van der Waals surface area contributed by atoms with Crippen molar-refractivity contribution in [3.05, 3.63) is 45.0 Å². The molecule has 0 bridgehead atoms. The van der Waals surface area contributed by atoms with Crippen LogP contribution in [0.2, 0.25) is 0 Å². The zero-order valence-electron chi connectivity index (χ0n) is 7.90. The Hall–Kier alpha value is -2.64. The molecule has 2 heterocycles. The number of amides is 1. The summed E-state index contributed by atoms with van der Waals surface area (Å²) in [6.07, 6.45) is 2.85. The first-order valence-electron chi connectivity index (χ1n) is 4.29. The maximum absolute atomic E-state index is 11.5. The summed E-state index contributed by atoms with van der Waals surface area (Å²) >= 11 is 0. The molecule has 0 unspecified atom stereocenters. The summed E-state index contributed by atoms with van der Waals surface area (Å²) < 4.78 is 0. The first kappa shape index (κ1) is 9.90. The van der Waals surface area contributed by atoms with Gasteiger partial charge < -0.3 is 10.3 Å². The molecule has 0 fully saturated rings. The minimum absolute atomic E-state index is 0.116. The van der Waals surface area contributed by atoms with E-state index in [-0.39, 0.29) is 5.69 Å². The Morgan fingerprint density at radius 2 is 2.12 bits per heavy atom. The normalized spacial score (nSPS) is 10.0. The van der Waals surface area contributed by atoms with Crippen molar-refractivity contribution >= 4 is 11.6 Å².